The molecule has 1 aromatic rings. The van der Waals surface area contributed by atoms with Crippen LogP contribution >= 0.6 is 11.6 Å². The van der Waals surface area contributed by atoms with Crippen LogP contribution in [0.25, 0.3) is 6.08 Å². The third-order valence-electron chi connectivity index (χ3n) is 1.73. The molecule has 0 radical (unpaired) electrons. The van der Waals surface area contributed by atoms with Crippen molar-refractivity contribution < 1.29 is 9.53 Å². The van der Waals surface area contributed by atoms with Crippen LogP contribution in [0.1, 0.15) is 5.56 Å². The molecule has 0 aromatic heterocycles. The van der Waals surface area contributed by atoms with Crippen LogP contribution in [0.5, 0.6) is 0 Å². The summed E-state index contributed by atoms with van der Waals surface area (Å²) in [6, 6.07) is 8.68. The Balaban J connectivity index is 3.11. The van der Waals surface area contributed by atoms with Crippen molar-refractivity contribution in [1.82, 2.24) is 0 Å². The third-order valence-corrected chi connectivity index (χ3v) is 2.08. The number of nitrogens with zero attached hydrogens (tertiary/aromatic N) is 1. The van der Waals surface area contributed by atoms with Crippen LogP contribution in [0.4, 0.5) is 0 Å². The van der Waals surface area contributed by atoms with Crippen LogP contribution in [0.2, 0.25) is 5.02 Å². The highest BCUT2D eigenvalue weighted by Gasteiger charge is 2.09. The lowest BCUT2D eigenvalue weighted by atomic mass is 10.1. The quantitative estimate of drug-likeness (QED) is 0.438. The molecular weight excluding hydrogens is 214 g/mol. The van der Waals surface area contributed by atoms with Gasteiger partial charge in [0.2, 0.25) is 0 Å². The second-order valence-electron chi connectivity index (χ2n) is 2.68. The molecule has 4 heteroatoms. The average molecular weight is 222 g/mol. The summed E-state index contributed by atoms with van der Waals surface area (Å²) in [5.41, 5.74) is 0.534. The van der Waals surface area contributed by atoms with Crippen LogP contribution in [0.15, 0.2) is 29.8 Å². The number of nitriles is 1. The van der Waals surface area contributed by atoms with Crippen LogP contribution < -0.4 is 0 Å². The van der Waals surface area contributed by atoms with E-state index in [1.54, 1.807) is 30.3 Å². The van der Waals surface area contributed by atoms with Crippen LogP contribution in [0.3, 0.4) is 0 Å². The number of hydrogen-bond acceptors (Lipinski definition) is 3. The zero-order chi connectivity index (χ0) is 11.3. The number of methoxy groups -OCH3 is 1. The number of esters is 1. The first-order valence-corrected chi connectivity index (χ1v) is 4.51. The zero-order valence-electron chi connectivity index (χ0n) is 8.03. The summed E-state index contributed by atoms with van der Waals surface area (Å²) in [4.78, 5) is 11.1. The minimum absolute atomic E-state index is 0.0781. The Morgan fingerprint density at radius 2 is 2.20 bits per heavy atom. The van der Waals surface area contributed by atoms with E-state index >= 15 is 0 Å². The molecule has 1 rings (SSSR count). The van der Waals surface area contributed by atoms with Crippen molar-refractivity contribution in [3.63, 3.8) is 0 Å². The summed E-state index contributed by atoms with van der Waals surface area (Å²) >= 11 is 5.87. The molecule has 0 unspecified atom stereocenters. The van der Waals surface area contributed by atoms with Crippen molar-refractivity contribution >= 4 is 23.6 Å². The van der Waals surface area contributed by atoms with Gasteiger partial charge in [-0.25, -0.2) is 4.79 Å². The summed E-state index contributed by atoms with van der Waals surface area (Å²) in [6.07, 6.45) is 1.40. The molecule has 0 aliphatic heterocycles. The smallest absolute Gasteiger partial charge is 0.348 e. The van der Waals surface area contributed by atoms with E-state index in [0.29, 0.717) is 10.6 Å². The molecule has 0 N–H and O–H groups in total. The Bertz CT molecular complexity index is 446. The van der Waals surface area contributed by atoms with Gasteiger partial charge in [-0.1, -0.05) is 29.8 Å². The van der Waals surface area contributed by atoms with Gasteiger partial charge in [0.1, 0.15) is 11.6 Å². The molecule has 0 heterocycles. The summed E-state index contributed by atoms with van der Waals surface area (Å²) in [6.45, 7) is 0. The molecule has 0 aliphatic carbocycles. The molecule has 0 saturated heterocycles. The fraction of sp³-hybridized carbons (Fsp3) is 0.0909. The lowest BCUT2D eigenvalue weighted by Gasteiger charge is -1.98. The molecule has 0 fully saturated rings. The Kier molecular flexibility index (Phi) is 3.90. The number of carbonyl (C=O) groups is 1. The molecule has 0 spiro atoms. The van der Waals surface area contributed by atoms with Gasteiger partial charge in [0, 0.05) is 5.02 Å². The summed E-state index contributed by atoms with van der Waals surface area (Å²) in [7, 11) is 1.22. The summed E-state index contributed by atoms with van der Waals surface area (Å²) in [5, 5.41) is 9.20. The van der Waals surface area contributed by atoms with E-state index in [4.69, 9.17) is 16.9 Å². The highest BCUT2D eigenvalue weighted by molar-refractivity contribution is 6.32. The van der Waals surface area contributed by atoms with Crippen molar-refractivity contribution in [2.24, 2.45) is 0 Å². The molecule has 76 valence electrons. The molecule has 0 saturated carbocycles. The number of rotatable bonds is 2. The molecule has 0 amide bonds. The normalized spacial score (nSPS) is 10.6. The molecule has 0 aliphatic rings. The van der Waals surface area contributed by atoms with E-state index in [0.717, 1.165) is 0 Å². The number of carbonyl (C=O) groups excluding carboxylic acids is 1. The van der Waals surface area contributed by atoms with E-state index in [1.165, 1.54) is 13.2 Å². The highest BCUT2D eigenvalue weighted by atomic mass is 35.5. The maximum absolute atomic E-state index is 11.1. The van der Waals surface area contributed by atoms with Gasteiger partial charge in [-0.15, -0.1) is 0 Å². The highest BCUT2D eigenvalue weighted by Crippen LogP contribution is 2.18. The molecule has 0 bridgehead atoms. The van der Waals surface area contributed by atoms with Crippen molar-refractivity contribution in [2.45, 2.75) is 0 Å². The van der Waals surface area contributed by atoms with Crippen molar-refractivity contribution in [1.29, 1.82) is 5.26 Å². The van der Waals surface area contributed by atoms with Gasteiger partial charge < -0.3 is 4.74 Å². The Morgan fingerprint density at radius 3 is 2.73 bits per heavy atom. The second kappa shape index (κ2) is 5.18. The van der Waals surface area contributed by atoms with E-state index in [-0.39, 0.29) is 5.57 Å². The fourth-order valence-corrected chi connectivity index (χ4v) is 1.18. The number of benzene rings is 1. The average Bonchev–Trinajstić information content (AvgIpc) is 2.27. The van der Waals surface area contributed by atoms with Crippen LogP contribution in [-0.4, -0.2) is 13.1 Å². The van der Waals surface area contributed by atoms with Gasteiger partial charge in [0.25, 0.3) is 0 Å². The maximum atomic E-state index is 11.1. The van der Waals surface area contributed by atoms with E-state index in [2.05, 4.69) is 4.74 Å². The minimum Gasteiger partial charge on any atom is -0.465 e. The van der Waals surface area contributed by atoms with Gasteiger partial charge >= 0.3 is 5.97 Å². The Labute approximate surface area is 92.5 Å². The van der Waals surface area contributed by atoms with Crippen LogP contribution in [-0.2, 0) is 9.53 Å². The van der Waals surface area contributed by atoms with Crippen LogP contribution in [0, 0.1) is 11.3 Å². The Morgan fingerprint density at radius 1 is 1.53 bits per heavy atom. The topological polar surface area (TPSA) is 50.1 Å². The molecule has 0 atom stereocenters. The zero-order valence-corrected chi connectivity index (χ0v) is 8.78. The molecule has 1 aromatic carbocycles. The fourth-order valence-electron chi connectivity index (χ4n) is 0.994. The van der Waals surface area contributed by atoms with Gasteiger partial charge in [-0.05, 0) is 17.7 Å². The standard InChI is InChI=1S/C11H8ClNO2/c1-15-11(14)9(7-13)6-8-4-2-3-5-10(8)12/h2-6H,1H3/b9-6+. The maximum Gasteiger partial charge on any atom is 0.348 e. The van der Waals surface area contributed by atoms with E-state index in [1.807, 2.05) is 0 Å². The SMILES string of the molecule is COC(=O)/C(C#N)=C/c1ccccc1Cl. The van der Waals surface area contributed by atoms with E-state index in [9.17, 15) is 4.79 Å². The van der Waals surface area contributed by atoms with Gasteiger partial charge in [0.15, 0.2) is 0 Å². The predicted molar refractivity (Wildman–Crippen MR) is 57.1 cm³/mol. The molecular formula is C11H8ClNO2. The first kappa shape index (κ1) is 11.3. The largest absolute Gasteiger partial charge is 0.465 e. The van der Waals surface area contributed by atoms with Crippen molar-refractivity contribution in [3.8, 4) is 6.07 Å². The lowest BCUT2D eigenvalue weighted by molar-refractivity contribution is -0.135. The van der Waals surface area contributed by atoms with Gasteiger partial charge in [0.05, 0.1) is 7.11 Å². The van der Waals surface area contributed by atoms with Crippen molar-refractivity contribution in [3.05, 3.63) is 40.4 Å². The second-order valence-corrected chi connectivity index (χ2v) is 3.09. The minimum atomic E-state index is -0.669. The number of hydrogen-bond donors (Lipinski definition) is 0. The predicted octanol–water partition coefficient (Wildman–Crippen LogP) is 2.42. The molecule has 15 heavy (non-hydrogen) atoms. The van der Waals surface area contributed by atoms with Gasteiger partial charge in [-0.3, -0.25) is 0 Å². The Hall–Kier alpha value is -1.79. The third kappa shape index (κ3) is 2.83. The first-order valence-electron chi connectivity index (χ1n) is 4.13. The van der Waals surface area contributed by atoms with Crippen molar-refractivity contribution in [2.75, 3.05) is 7.11 Å². The summed E-state index contributed by atoms with van der Waals surface area (Å²) in [5.74, 6) is -0.669. The van der Waals surface area contributed by atoms with E-state index < -0.39 is 5.97 Å². The first-order chi connectivity index (χ1) is 7.19. The number of ether oxygens (including phenoxy) is 1. The monoisotopic (exact) mass is 221 g/mol. The molecule has 3 nitrogen and oxygen atoms in total. The van der Waals surface area contributed by atoms with Gasteiger partial charge in [-0.2, -0.15) is 5.26 Å². The lowest BCUT2D eigenvalue weighted by Crippen LogP contribution is -2.02. The summed E-state index contributed by atoms with van der Waals surface area (Å²) < 4.78 is 4.44. The number of halogens is 1.